The summed E-state index contributed by atoms with van der Waals surface area (Å²) in [6.07, 6.45) is 3.78. The Kier molecular flexibility index (Phi) is 13.1. The van der Waals surface area contributed by atoms with Crippen molar-refractivity contribution in [2.75, 3.05) is 61.0 Å². The van der Waals surface area contributed by atoms with Gasteiger partial charge in [-0.1, -0.05) is 0 Å². The predicted octanol–water partition coefficient (Wildman–Crippen LogP) is 1.22. The average Bonchev–Trinajstić information content (AvgIpc) is 3.34. The fraction of sp³-hybridized carbons (Fsp3) is 0.938. The Labute approximate surface area is 159 Å². The Balaban J connectivity index is 0.00000484. The van der Waals surface area contributed by atoms with E-state index < -0.39 is 0 Å². The molecule has 0 amide bonds. The fourth-order valence-corrected chi connectivity index (χ4v) is 2.41. The molecular weight excluding hydrogens is 405 g/mol. The largest absolute Gasteiger partial charge is 0.385 e. The maximum atomic E-state index is 5.07. The molecule has 138 valence electrons. The SMILES string of the molecule is CN=C(NCCN(C)CCCOC)NCC(C)N(C)C1CC1.I. The number of halogens is 1. The quantitative estimate of drug-likeness (QED) is 0.219. The number of methoxy groups -OCH3 is 1. The Morgan fingerprint density at radius 2 is 1.96 bits per heavy atom. The van der Waals surface area contributed by atoms with E-state index in [-0.39, 0.29) is 24.0 Å². The summed E-state index contributed by atoms with van der Waals surface area (Å²) in [4.78, 5) is 9.06. The highest BCUT2D eigenvalue weighted by atomic mass is 127. The highest BCUT2D eigenvalue weighted by Gasteiger charge is 2.28. The Bertz CT molecular complexity index is 326. The molecule has 0 radical (unpaired) electrons. The molecule has 0 saturated heterocycles. The summed E-state index contributed by atoms with van der Waals surface area (Å²) in [5, 5.41) is 6.79. The summed E-state index contributed by atoms with van der Waals surface area (Å²) in [6, 6.07) is 1.33. The predicted molar refractivity (Wildman–Crippen MR) is 109 cm³/mol. The first-order chi connectivity index (χ1) is 10.6. The first-order valence-electron chi connectivity index (χ1n) is 8.42. The molecule has 1 aliphatic rings. The molecule has 0 aromatic rings. The summed E-state index contributed by atoms with van der Waals surface area (Å²) < 4.78 is 5.07. The normalized spacial score (nSPS) is 16.4. The van der Waals surface area contributed by atoms with Crippen LogP contribution in [0.25, 0.3) is 0 Å². The summed E-state index contributed by atoms with van der Waals surface area (Å²) in [5.74, 6) is 0.890. The minimum atomic E-state index is 0. The molecule has 1 saturated carbocycles. The first kappa shape index (κ1) is 22.9. The van der Waals surface area contributed by atoms with Crippen molar-refractivity contribution >= 4 is 29.9 Å². The van der Waals surface area contributed by atoms with Crippen LogP contribution in [0.15, 0.2) is 4.99 Å². The molecule has 23 heavy (non-hydrogen) atoms. The van der Waals surface area contributed by atoms with Crippen LogP contribution >= 0.6 is 24.0 Å². The number of hydrogen-bond acceptors (Lipinski definition) is 4. The van der Waals surface area contributed by atoms with E-state index in [1.54, 1.807) is 7.11 Å². The van der Waals surface area contributed by atoms with Gasteiger partial charge in [-0.3, -0.25) is 9.89 Å². The summed E-state index contributed by atoms with van der Waals surface area (Å²) in [6.45, 7) is 6.98. The lowest BCUT2D eigenvalue weighted by atomic mass is 10.3. The van der Waals surface area contributed by atoms with Gasteiger partial charge in [-0.05, 0) is 40.3 Å². The summed E-state index contributed by atoms with van der Waals surface area (Å²) in [5.41, 5.74) is 0. The van der Waals surface area contributed by atoms with Gasteiger partial charge in [0, 0.05) is 59.0 Å². The van der Waals surface area contributed by atoms with Crippen LogP contribution in [0.5, 0.6) is 0 Å². The zero-order chi connectivity index (χ0) is 16.4. The van der Waals surface area contributed by atoms with Gasteiger partial charge in [0.15, 0.2) is 5.96 Å². The average molecular weight is 441 g/mol. The van der Waals surface area contributed by atoms with Crippen molar-refractivity contribution in [3.05, 3.63) is 0 Å². The number of hydrogen-bond donors (Lipinski definition) is 2. The van der Waals surface area contributed by atoms with Crippen molar-refractivity contribution in [2.24, 2.45) is 4.99 Å². The Morgan fingerprint density at radius 1 is 1.26 bits per heavy atom. The van der Waals surface area contributed by atoms with E-state index in [0.29, 0.717) is 6.04 Å². The molecular formula is C16H36IN5O. The van der Waals surface area contributed by atoms with Gasteiger partial charge in [-0.25, -0.2) is 0 Å². The van der Waals surface area contributed by atoms with Crippen molar-refractivity contribution in [3.8, 4) is 0 Å². The molecule has 1 atom stereocenters. The number of aliphatic imine (C=N–C) groups is 1. The topological polar surface area (TPSA) is 52.1 Å². The van der Waals surface area contributed by atoms with Crippen molar-refractivity contribution in [3.63, 3.8) is 0 Å². The Morgan fingerprint density at radius 3 is 2.52 bits per heavy atom. The number of guanidine groups is 1. The molecule has 1 unspecified atom stereocenters. The van der Waals surface area contributed by atoms with Crippen molar-refractivity contribution in [1.29, 1.82) is 0 Å². The number of nitrogens with zero attached hydrogens (tertiary/aromatic N) is 3. The number of likely N-dealkylation sites (N-methyl/N-ethyl adjacent to an activating group) is 2. The van der Waals surface area contributed by atoms with Gasteiger partial charge in [0.05, 0.1) is 0 Å². The Hall–Kier alpha value is -0.120. The van der Waals surface area contributed by atoms with Crippen LogP contribution in [0.2, 0.25) is 0 Å². The minimum Gasteiger partial charge on any atom is -0.385 e. The molecule has 0 aromatic heterocycles. The van der Waals surface area contributed by atoms with Crippen LogP contribution in [0, 0.1) is 0 Å². The van der Waals surface area contributed by atoms with Gasteiger partial charge in [-0.15, -0.1) is 24.0 Å². The van der Waals surface area contributed by atoms with Crippen molar-refractivity contribution in [1.82, 2.24) is 20.4 Å². The van der Waals surface area contributed by atoms with Gasteiger partial charge in [-0.2, -0.15) is 0 Å². The molecule has 0 bridgehead atoms. The van der Waals surface area contributed by atoms with E-state index >= 15 is 0 Å². The molecule has 1 rings (SSSR count). The van der Waals surface area contributed by atoms with Gasteiger partial charge in [0.25, 0.3) is 0 Å². The highest BCUT2D eigenvalue weighted by molar-refractivity contribution is 14.0. The van der Waals surface area contributed by atoms with E-state index in [0.717, 1.165) is 51.2 Å². The standard InChI is InChI=1S/C16H35N5O.HI/c1-14(21(4)15-7-8-15)13-19-16(17-2)18-9-11-20(3)10-6-12-22-5;/h14-15H,6-13H2,1-5H3,(H2,17,18,19);1H. The maximum Gasteiger partial charge on any atom is 0.191 e. The van der Waals surface area contributed by atoms with E-state index in [4.69, 9.17) is 4.74 Å². The van der Waals surface area contributed by atoms with Crippen molar-refractivity contribution < 1.29 is 4.74 Å². The molecule has 0 spiro atoms. The van der Waals surface area contributed by atoms with Gasteiger partial charge < -0.3 is 20.3 Å². The maximum absolute atomic E-state index is 5.07. The van der Waals surface area contributed by atoms with E-state index in [1.165, 1.54) is 12.8 Å². The molecule has 1 aliphatic carbocycles. The summed E-state index contributed by atoms with van der Waals surface area (Å²) in [7, 11) is 7.93. The lowest BCUT2D eigenvalue weighted by Gasteiger charge is -2.25. The van der Waals surface area contributed by atoms with E-state index in [9.17, 15) is 0 Å². The lowest BCUT2D eigenvalue weighted by Crippen LogP contribution is -2.46. The minimum absolute atomic E-state index is 0. The van der Waals surface area contributed by atoms with Crippen LogP contribution < -0.4 is 10.6 Å². The third-order valence-corrected chi connectivity index (χ3v) is 4.28. The van der Waals surface area contributed by atoms with Crippen LogP contribution in [0.4, 0.5) is 0 Å². The van der Waals surface area contributed by atoms with E-state index in [2.05, 4.69) is 46.4 Å². The number of rotatable bonds is 11. The fourth-order valence-electron chi connectivity index (χ4n) is 2.41. The lowest BCUT2D eigenvalue weighted by molar-refractivity contribution is 0.180. The van der Waals surface area contributed by atoms with Gasteiger partial charge >= 0.3 is 0 Å². The first-order valence-corrected chi connectivity index (χ1v) is 8.42. The molecule has 7 heteroatoms. The third-order valence-electron chi connectivity index (χ3n) is 4.28. The second-order valence-corrected chi connectivity index (χ2v) is 6.28. The van der Waals surface area contributed by atoms with Gasteiger partial charge in [0.1, 0.15) is 0 Å². The number of nitrogens with one attached hydrogen (secondary N) is 2. The molecule has 6 nitrogen and oxygen atoms in total. The van der Waals surface area contributed by atoms with Crippen LogP contribution in [0.1, 0.15) is 26.2 Å². The molecule has 0 heterocycles. The second kappa shape index (κ2) is 13.2. The molecule has 2 N–H and O–H groups in total. The molecule has 0 aromatic carbocycles. The van der Waals surface area contributed by atoms with Gasteiger partial charge in [0.2, 0.25) is 0 Å². The zero-order valence-corrected chi connectivity index (χ0v) is 17.8. The number of ether oxygens (including phenoxy) is 1. The van der Waals surface area contributed by atoms with Crippen molar-refractivity contribution in [2.45, 2.75) is 38.3 Å². The molecule has 1 fully saturated rings. The second-order valence-electron chi connectivity index (χ2n) is 6.28. The van der Waals surface area contributed by atoms with Crippen LogP contribution in [-0.2, 0) is 4.74 Å². The summed E-state index contributed by atoms with van der Waals surface area (Å²) >= 11 is 0. The van der Waals surface area contributed by atoms with Crippen LogP contribution in [-0.4, -0.2) is 88.9 Å². The van der Waals surface area contributed by atoms with Crippen LogP contribution in [0.3, 0.4) is 0 Å². The molecule has 0 aliphatic heterocycles. The zero-order valence-electron chi connectivity index (χ0n) is 15.5. The smallest absolute Gasteiger partial charge is 0.191 e. The van der Waals surface area contributed by atoms with E-state index in [1.807, 2.05) is 7.05 Å². The monoisotopic (exact) mass is 441 g/mol. The highest BCUT2D eigenvalue weighted by Crippen LogP contribution is 2.26. The third kappa shape index (κ3) is 10.4.